The van der Waals surface area contributed by atoms with E-state index < -0.39 is 15.9 Å². The molecule has 0 bridgehead atoms. The van der Waals surface area contributed by atoms with Gasteiger partial charge >= 0.3 is 0 Å². The fraction of sp³-hybridized carbons (Fsp3) is 0.278. The molecule has 0 unspecified atom stereocenters. The van der Waals surface area contributed by atoms with E-state index in [-0.39, 0.29) is 11.9 Å². The monoisotopic (exact) mass is 392 g/mol. The van der Waals surface area contributed by atoms with Gasteiger partial charge in [-0.05, 0) is 44.2 Å². The summed E-state index contributed by atoms with van der Waals surface area (Å²) in [6.07, 6.45) is 4.80. The van der Waals surface area contributed by atoms with Gasteiger partial charge in [0, 0.05) is 24.7 Å². The van der Waals surface area contributed by atoms with Gasteiger partial charge in [0.1, 0.15) is 11.5 Å². The number of benzene rings is 1. The summed E-state index contributed by atoms with van der Waals surface area (Å²) in [5.41, 5.74) is 1.66. The summed E-state index contributed by atoms with van der Waals surface area (Å²) in [6, 6.07) is 6.04. The van der Waals surface area contributed by atoms with Crippen LogP contribution in [0.3, 0.4) is 0 Å². The lowest BCUT2D eigenvalue weighted by atomic mass is 10.1. The highest BCUT2D eigenvalue weighted by Crippen LogP contribution is 2.28. The average molecular weight is 392 g/mol. The Kier molecular flexibility index (Phi) is 6.27. The van der Waals surface area contributed by atoms with Crippen molar-refractivity contribution in [2.45, 2.75) is 19.9 Å². The van der Waals surface area contributed by atoms with Crippen molar-refractivity contribution in [3.8, 4) is 11.3 Å². The zero-order valence-corrected chi connectivity index (χ0v) is 16.3. The van der Waals surface area contributed by atoms with Crippen molar-refractivity contribution < 1.29 is 17.6 Å². The normalized spacial score (nSPS) is 11.8. The van der Waals surface area contributed by atoms with Gasteiger partial charge in [0.05, 0.1) is 18.1 Å². The minimum Gasteiger partial charge on any atom is -0.355 e. The van der Waals surface area contributed by atoms with Gasteiger partial charge in [-0.1, -0.05) is 0 Å². The molecule has 0 saturated carbocycles. The number of aromatic nitrogens is 2. The molecule has 1 aromatic carbocycles. The third-order valence-corrected chi connectivity index (χ3v) is 4.26. The minimum atomic E-state index is -3.63. The summed E-state index contributed by atoms with van der Waals surface area (Å²) in [5.74, 6) is -0.565. The molecule has 2 rings (SSSR count). The maximum atomic E-state index is 13.2. The van der Waals surface area contributed by atoms with Crippen LogP contribution in [0, 0.1) is 5.82 Å². The van der Waals surface area contributed by atoms with Crippen molar-refractivity contribution in [1.82, 2.24) is 14.7 Å². The van der Waals surface area contributed by atoms with Crippen molar-refractivity contribution in [3.05, 3.63) is 48.0 Å². The average Bonchev–Trinajstić information content (AvgIpc) is 2.58. The first-order chi connectivity index (χ1) is 12.6. The van der Waals surface area contributed by atoms with E-state index in [1.54, 1.807) is 12.1 Å². The number of hydrogen-bond acceptors (Lipinski definition) is 6. The third-order valence-electron chi connectivity index (χ3n) is 3.69. The van der Waals surface area contributed by atoms with Crippen LogP contribution in [0.1, 0.15) is 19.5 Å². The number of nitrogens with one attached hydrogen (secondary N) is 1. The van der Waals surface area contributed by atoms with Crippen LogP contribution < -0.4 is 9.62 Å². The predicted octanol–water partition coefficient (Wildman–Crippen LogP) is 2.22. The zero-order chi connectivity index (χ0) is 20.2. The molecule has 1 N–H and O–H groups in total. The van der Waals surface area contributed by atoms with E-state index in [0.717, 1.165) is 12.3 Å². The molecule has 7 nitrogen and oxygen atoms in total. The molecule has 27 heavy (non-hydrogen) atoms. The Balaban J connectivity index is 2.41. The quantitative estimate of drug-likeness (QED) is 0.758. The maximum absolute atomic E-state index is 13.2. The molecule has 1 amide bonds. The Morgan fingerprint density at radius 2 is 1.89 bits per heavy atom. The summed E-state index contributed by atoms with van der Waals surface area (Å²) >= 11 is 0. The molecule has 1 aromatic heterocycles. The molecule has 0 aliphatic heterocycles. The maximum Gasteiger partial charge on any atom is 0.257 e. The van der Waals surface area contributed by atoms with Crippen molar-refractivity contribution in [2.75, 3.05) is 18.2 Å². The van der Waals surface area contributed by atoms with Crippen LogP contribution in [0.25, 0.3) is 17.3 Å². The number of halogens is 1. The molecule has 1 heterocycles. The smallest absolute Gasteiger partial charge is 0.257 e. The molecule has 0 aliphatic carbocycles. The second-order valence-corrected chi connectivity index (χ2v) is 8.00. The highest BCUT2D eigenvalue weighted by Gasteiger charge is 2.16. The van der Waals surface area contributed by atoms with Gasteiger partial charge in [-0.2, -0.15) is 0 Å². The van der Waals surface area contributed by atoms with Gasteiger partial charge in [0.25, 0.3) is 5.91 Å². The highest BCUT2D eigenvalue weighted by molar-refractivity contribution is 7.89. The lowest BCUT2D eigenvalue weighted by Crippen LogP contribution is -2.28. The van der Waals surface area contributed by atoms with Crippen LogP contribution in [0.4, 0.5) is 10.2 Å². The first-order valence-electron chi connectivity index (χ1n) is 8.12. The Labute approximate surface area is 158 Å². The van der Waals surface area contributed by atoms with Gasteiger partial charge in [-0.25, -0.2) is 22.5 Å². The van der Waals surface area contributed by atoms with Crippen LogP contribution >= 0.6 is 0 Å². The molecule has 0 aliphatic rings. The molecule has 0 fully saturated rings. The van der Waals surface area contributed by atoms with E-state index >= 15 is 0 Å². The molecule has 0 saturated heterocycles. The number of carbonyl (C=O) groups excluding carboxylic acids is 1. The largest absolute Gasteiger partial charge is 0.355 e. The third kappa shape index (κ3) is 5.85. The number of anilines is 1. The van der Waals surface area contributed by atoms with Crippen LogP contribution in [0.5, 0.6) is 0 Å². The van der Waals surface area contributed by atoms with Crippen molar-refractivity contribution in [3.63, 3.8) is 0 Å². The molecule has 0 radical (unpaired) electrons. The van der Waals surface area contributed by atoms with Crippen LogP contribution in [0.2, 0.25) is 0 Å². The zero-order valence-electron chi connectivity index (χ0n) is 15.5. The first kappa shape index (κ1) is 20.5. The summed E-state index contributed by atoms with van der Waals surface area (Å²) in [6.45, 7) is 3.97. The van der Waals surface area contributed by atoms with Gasteiger partial charge in [-0.15, -0.1) is 0 Å². The number of carbonyl (C=O) groups is 1. The summed E-state index contributed by atoms with van der Waals surface area (Å²) in [7, 11) is -1.78. The Hall–Kier alpha value is -2.81. The fourth-order valence-corrected chi connectivity index (χ4v) is 2.59. The summed E-state index contributed by atoms with van der Waals surface area (Å²) in [5, 5.41) is 0. The molecule has 2 aromatic rings. The Bertz CT molecular complexity index is 957. The predicted molar refractivity (Wildman–Crippen MR) is 103 cm³/mol. The second-order valence-electron chi connectivity index (χ2n) is 6.25. The van der Waals surface area contributed by atoms with Crippen molar-refractivity contribution in [1.29, 1.82) is 0 Å². The number of hydrogen-bond donors (Lipinski definition) is 1. The standard InChI is InChI=1S/C18H21FN4O3S/c1-12(2)23(3)18-17(13-5-7-14(19)8-6-13)20-11-15(21-18)9-10-16(24)22-27(4,25)26/h5-12H,1-4H3,(H,22,24)/b10-9+. The molecule has 0 spiro atoms. The molecule has 144 valence electrons. The topological polar surface area (TPSA) is 92.3 Å². The lowest BCUT2D eigenvalue weighted by molar-refractivity contribution is -0.114. The highest BCUT2D eigenvalue weighted by atomic mass is 32.2. The molecule has 0 atom stereocenters. The van der Waals surface area contributed by atoms with E-state index in [0.29, 0.717) is 22.8 Å². The number of rotatable bonds is 6. The number of sulfonamides is 1. The summed E-state index contributed by atoms with van der Waals surface area (Å²) < 4.78 is 37.2. The molecule has 9 heteroatoms. The van der Waals surface area contributed by atoms with Gasteiger partial charge < -0.3 is 4.90 Å². The van der Waals surface area contributed by atoms with Crippen LogP contribution in [-0.2, 0) is 14.8 Å². The van der Waals surface area contributed by atoms with E-state index in [1.165, 1.54) is 24.4 Å². The molecular weight excluding hydrogens is 371 g/mol. The number of amides is 1. The van der Waals surface area contributed by atoms with Crippen molar-refractivity contribution >= 4 is 27.8 Å². The van der Waals surface area contributed by atoms with Crippen LogP contribution in [-0.4, -0.2) is 43.6 Å². The Morgan fingerprint density at radius 1 is 1.26 bits per heavy atom. The minimum absolute atomic E-state index is 0.117. The van der Waals surface area contributed by atoms with E-state index in [2.05, 4.69) is 9.97 Å². The lowest BCUT2D eigenvalue weighted by Gasteiger charge is -2.24. The fourth-order valence-electron chi connectivity index (χ4n) is 2.15. The van der Waals surface area contributed by atoms with E-state index in [1.807, 2.05) is 30.5 Å². The molecular formula is C18H21FN4O3S. The first-order valence-corrected chi connectivity index (χ1v) is 10.0. The SMILES string of the molecule is CC(C)N(C)c1nc(/C=C/C(=O)NS(C)(=O)=O)cnc1-c1ccc(F)cc1. The number of nitrogens with zero attached hydrogens (tertiary/aromatic N) is 3. The van der Waals surface area contributed by atoms with Gasteiger partial charge in [0.15, 0.2) is 5.82 Å². The Morgan fingerprint density at radius 3 is 2.44 bits per heavy atom. The van der Waals surface area contributed by atoms with E-state index in [9.17, 15) is 17.6 Å². The van der Waals surface area contributed by atoms with E-state index in [4.69, 9.17) is 0 Å². The summed E-state index contributed by atoms with van der Waals surface area (Å²) in [4.78, 5) is 22.4. The van der Waals surface area contributed by atoms with Crippen molar-refractivity contribution in [2.24, 2.45) is 0 Å². The van der Waals surface area contributed by atoms with Gasteiger partial charge in [0.2, 0.25) is 10.0 Å². The second kappa shape index (κ2) is 8.26. The van der Waals surface area contributed by atoms with Crippen LogP contribution in [0.15, 0.2) is 36.5 Å². The van der Waals surface area contributed by atoms with Gasteiger partial charge in [-0.3, -0.25) is 9.78 Å².